The third-order valence-corrected chi connectivity index (χ3v) is 6.39. The van der Waals surface area contributed by atoms with Crippen LogP contribution in [0.15, 0.2) is 42.9 Å². The summed E-state index contributed by atoms with van der Waals surface area (Å²) in [5, 5.41) is 12.4. The molecule has 0 spiro atoms. The highest BCUT2D eigenvalue weighted by atomic mass is 19.4. The van der Waals surface area contributed by atoms with Crippen LogP contribution < -0.4 is 5.32 Å². The van der Waals surface area contributed by atoms with Gasteiger partial charge >= 0.3 is 12.1 Å². The van der Waals surface area contributed by atoms with Crippen LogP contribution in [-0.4, -0.2) is 42.3 Å². The third-order valence-electron chi connectivity index (χ3n) is 6.39. The van der Waals surface area contributed by atoms with Crippen molar-refractivity contribution in [1.29, 1.82) is 5.26 Å². The Morgan fingerprint density at radius 2 is 1.82 bits per heavy atom. The fraction of sp³-hybridized carbons (Fsp3) is 0.250. The number of nitrogens with zero attached hydrogens (tertiary/aromatic N) is 6. The van der Waals surface area contributed by atoms with Crippen molar-refractivity contribution < 1.29 is 31.1 Å². The zero-order chi connectivity index (χ0) is 27.5. The van der Waals surface area contributed by atoms with Crippen LogP contribution in [0.5, 0.6) is 0 Å². The number of rotatable bonds is 5. The van der Waals surface area contributed by atoms with Crippen LogP contribution in [0.25, 0.3) is 17.2 Å². The van der Waals surface area contributed by atoms with Gasteiger partial charge in [-0.05, 0) is 31.0 Å². The lowest BCUT2D eigenvalue weighted by Crippen LogP contribution is -2.36. The summed E-state index contributed by atoms with van der Waals surface area (Å²) in [5.74, 6) is -6.20. The van der Waals surface area contributed by atoms with Gasteiger partial charge in [0.1, 0.15) is 28.8 Å². The number of alkyl halides is 5. The average molecular weight is 531 g/mol. The van der Waals surface area contributed by atoms with E-state index in [2.05, 4.69) is 25.3 Å². The van der Waals surface area contributed by atoms with Crippen LogP contribution in [0.3, 0.4) is 0 Å². The molecule has 4 heterocycles. The number of anilines is 1. The number of benzene rings is 1. The summed E-state index contributed by atoms with van der Waals surface area (Å²) in [7, 11) is 0. The number of amides is 1. The van der Waals surface area contributed by atoms with E-state index in [1.165, 1.54) is 54.2 Å². The molecule has 38 heavy (non-hydrogen) atoms. The number of aromatic nitrogens is 5. The minimum Gasteiger partial charge on any atom is -0.309 e. The monoisotopic (exact) mass is 531 g/mol. The first-order valence-corrected chi connectivity index (χ1v) is 11.0. The number of nitrogens with one attached hydrogen (secondary N) is 1. The molecule has 8 nitrogen and oxygen atoms in total. The fourth-order valence-corrected chi connectivity index (χ4v) is 4.31. The highest BCUT2D eigenvalue weighted by Crippen LogP contribution is 2.44. The highest BCUT2D eigenvalue weighted by Gasteiger charge is 2.56. The van der Waals surface area contributed by atoms with Crippen molar-refractivity contribution in [3.63, 3.8) is 0 Å². The molecule has 3 aromatic heterocycles. The first-order chi connectivity index (χ1) is 17.8. The van der Waals surface area contributed by atoms with Crippen LogP contribution in [0.1, 0.15) is 35.9 Å². The number of halogens is 6. The molecule has 1 amide bonds. The lowest BCUT2D eigenvalue weighted by atomic mass is 9.77. The molecule has 5 rings (SSSR count). The van der Waals surface area contributed by atoms with Gasteiger partial charge in [0.15, 0.2) is 17.2 Å². The van der Waals surface area contributed by atoms with E-state index >= 15 is 0 Å². The topological polar surface area (TPSA) is 109 Å². The molecule has 1 aromatic carbocycles. The quantitative estimate of drug-likeness (QED) is 0.378. The molecule has 0 fully saturated rings. The van der Waals surface area contributed by atoms with Crippen molar-refractivity contribution in [2.45, 2.75) is 37.3 Å². The predicted octanol–water partition coefficient (Wildman–Crippen LogP) is 4.59. The Labute approximate surface area is 210 Å². The predicted molar refractivity (Wildman–Crippen MR) is 120 cm³/mol. The van der Waals surface area contributed by atoms with Crippen molar-refractivity contribution in [3.05, 3.63) is 71.2 Å². The molecule has 0 radical (unpaired) electrons. The normalized spacial score (nSPS) is 17.4. The second kappa shape index (κ2) is 8.51. The molecule has 14 heteroatoms. The molecule has 1 atom stereocenters. The Hall–Kier alpha value is -4.54. The van der Waals surface area contributed by atoms with Gasteiger partial charge in [-0.3, -0.25) is 4.79 Å². The summed E-state index contributed by atoms with van der Waals surface area (Å²) in [4.78, 5) is 29.7. The number of imidazole rings is 1. The van der Waals surface area contributed by atoms with Crippen molar-refractivity contribution in [1.82, 2.24) is 24.3 Å². The lowest BCUT2D eigenvalue weighted by molar-refractivity contribution is -0.284. The minimum absolute atomic E-state index is 0.0129. The van der Waals surface area contributed by atoms with E-state index < -0.39 is 42.1 Å². The summed E-state index contributed by atoms with van der Waals surface area (Å²) >= 11 is 0. The van der Waals surface area contributed by atoms with Crippen molar-refractivity contribution in [2.24, 2.45) is 0 Å². The number of fused-ring (bicyclic) bond motifs is 2. The molecule has 0 saturated carbocycles. The Kier molecular flexibility index (Phi) is 5.62. The first-order valence-electron chi connectivity index (χ1n) is 11.0. The van der Waals surface area contributed by atoms with Gasteiger partial charge in [0, 0.05) is 25.0 Å². The zero-order valence-corrected chi connectivity index (χ0v) is 19.3. The molecular formula is C24H15F6N7O. The van der Waals surface area contributed by atoms with Gasteiger partial charge < -0.3 is 9.72 Å². The molecule has 1 unspecified atom stereocenters. The molecule has 0 saturated heterocycles. The first kappa shape index (κ1) is 25.1. The summed E-state index contributed by atoms with van der Waals surface area (Å²) in [6, 6.07) is 7.05. The number of carbonyl (C=O) groups excluding carboxylic acids is 1. The van der Waals surface area contributed by atoms with Crippen LogP contribution >= 0.6 is 0 Å². The van der Waals surface area contributed by atoms with Gasteiger partial charge in [0.2, 0.25) is 5.91 Å². The molecule has 1 N–H and O–H groups in total. The number of nitriles is 1. The Morgan fingerprint density at radius 1 is 1.11 bits per heavy atom. The van der Waals surface area contributed by atoms with Gasteiger partial charge in [0.25, 0.3) is 0 Å². The molecular weight excluding hydrogens is 516 g/mol. The maximum atomic E-state index is 13.6. The van der Waals surface area contributed by atoms with Gasteiger partial charge in [0.05, 0.1) is 11.3 Å². The number of hydrogen-bond acceptors (Lipinski definition) is 6. The molecule has 194 valence electrons. The van der Waals surface area contributed by atoms with Crippen molar-refractivity contribution in [2.75, 3.05) is 5.32 Å². The number of aryl methyl sites for hydroxylation is 1. The van der Waals surface area contributed by atoms with Gasteiger partial charge in [-0.15, -0.1) is 0 Å². The van der Waals surface area contributed by atoms with E-state index in [4.69, 9.17) is 0 Å². The maximum Gasteiger partial charge on any atom is 0.453 e. The summed E-state index contributed by atoms with van der Waals surface area (Å²) < 4.78 is 80.1. The maximum absolute atomic E-state index is 13.6. The lowest BCUT2D eigenvalue weighted by Gasteiger charge is -2.23. The minimum atomic E-state index is -5.73. The molecule has 4 aromatic rings. The summed E-state index contributed by atoms with van der Waals surface area (Å²) in [6.45, 7) is 1.53. The van der Waals surface area contributed by atoms with Crippen LogP contribution in [0.4, 0.5) is 32.2 Å². The number of carbonyl (C=O) groups is 1. The average Bonchev–Trinajstić information content (AvgIpc) is 3.44. The second-order valence-corrected chi connectivity index (χ2v) is 8.75. The van der Waals surface area contributed by atoms with E-state index in [9.17, 15) is 36.4 Å². The third kappa shape index (κ3) is 3.90. The van der Waals surface area contributed by atoms with Crippen LogP contribution in [-0.2, 0) is 16.6 Å². The van der Waals surface area contributed by atoms with E-state index in [0.29, 0.717) is 5.56 Å². The standard InChI is InChI=1S/C24H15F6N7O/c1-22(12-2-4-13(25)5-3-12)17-15(10-31)34-18(35-19(17)36-21(22)38)16-11-37-9-8-32-20(37)14(33-16)6-7-23(26,27)24(28,29)30/h2-5,8-9,11H,6-7H2,1H3,(H,34,35,36,38). The van der Waals surface area contributed by atoms with Crippen molar-refractivity contribution in [3.8, 4) is 17.6 Å². The Balaban J connectivity index is 1.60. The molecule has 0 aliphatic carbocycles. The van der Waals surface area contributed by atoms with Gasteiger partial charge in [-0.1, -0.05) is 12.1 Å². The fourth-order valence-electron chi connectivity index (χ4n) is 4.31. The van der Waals surface area contributed by atoms with Crippen LogP contribution in [0, 0.1) is 17.1 Å². The Morgan fingerprint density at radius 3 is 2.47 bits per heavy atom. The Bertz CT molecular complexity index is 1620. The highest BCUT2D eigenvalue weighted by molar-refractivity contribution is 6.08. The molecule has 1 aliphatic heterocycles. The smallest absolute Gasteiger partial charge is 0.309 e. The second-order valence-electron chi connectivity index (χ2n) is 8.75. The van der Waals surface area contributed by atoms with Gasteiger partial charge in [-0.2, -0.15) is 27.2 Å². The zero-order valence-electron chi connectivity index (χ0n) is 19.3. The SMILES string of the molecule is CC1(c2ccc(F)cc2)C(=O)Nc2nc(-c3cn4ccnc4c(CCC(F)(F)C(F)(F)F)n3)nc(C#N)c21. The molecule has 0 bridgehead atoms. The van der Waals surface area contributed by atoms with E-state index in [0.717, 1.165) is 0 Å². The van der Waals surface area contributed by atoms with E-state index in [1.54, 1.807) is 0 Å². The summed E-state index contributed by atoms with van der Waals surface area (Å²) in [6.07, 6.45) is -3.95. The summed E-state index contributed by atoms with van der Waals surface area (Å²) in [5.41, 5.74) is -1.26. The van der Waals surface area contributed by atoms with E-state index in [1.807, 2.05) is 6.07 Å². The van der Waals surface area contributed by atoms with Crippen molar-refractivity contribution >= 4 is 17.4 Å². The number of hydrogen-bond donors (Lipinski definition) is 1. The molecule has 1 aliphatic rings. The largest absolute Gasteiger partial charge is 0.453 e. The van der Waals surface area contributed by atoms with Gasteiger partial charge in [-0.25, -0.2) is 24.3 Å². The van der Waals surface area contributed by atoms with E-state index in [-0.39, 0.29) is 39.9 Å². The van der Waals surface area contributed by atoms with Crippen LogP contribution in [0.2, 0.25) is 0 Å².